The molecule has 0 bridgehead atoms. The van der Waals surface area contributed by atoms with E-state index in [1.807, 2.05) is 26.8 Å². The largest absolute Gasteiger partial charge is 0.466 e. The molecule has 1 fully saturated rings. The first-order valence-electron chi connectivity index (χ1n) is 7.11. The second-order valence-corrected chi connectivity index (χ2v) is 5.53. The highest BCUT2D eigenvalue weighted by molar-refractivity contribution is 5.87. The van der Waals surface area contributed by atoms with Crippen LogP contribution >= 0.6 is 0 Å². The smallest absolute Gasteiger partial charge is 0.240 e. The Morgan fingerprint density at radius 1 is 1.58 bits per heavy atom. The summed E-state index contributed by atoms with van der Waals surface area (Å²) in [7, 11) is 0. The van der Waals surface area contributed by atoms with Crippen LogP contribution < -0.4 is 10.6 Å². The molecule has 2 unspecified atom stereocenters. The summed E-state index contributed by atoms with van der Waals surface area (Å²) < 4.78 is 5.53. The van der Waals surface area contributed by atoms with Gasteiger partial charge in [0.1, 0.15) is 11.5 Å². The average molecular weight is 264 g/mol. The molecule has 19 heavy (non-hydrogen) atoms. The van der Waals surface area contributed by atoms with Crippen molar-refractivity contribution in [2.45, 2.75) is 58.5 Å². The first-order valence-corrected chi connectivity index (χ1v) is 7.11. The lowest BCUT2D eigenvalue weighted by molar-refractivity contribution is -0.128. The number of nitrogens with one attached hydrogen (secondary N) is 2. The Morgan fingerprint density at radius 3 is 2.79 bits per heavy atom. The topological polar surface area (TPSA) is 54.3 Å². The maximum Gasteiger partial charge on any atom is 0.240 e. The van der Waals surface area contributed by atoms with Gasteiger partial charge in [0.25, 0.3) is 0 Å². The van der Waals surface area contributed by atoms with E-state index < -0.39 is 0 Å². The van der Waals surface area contributed by atoms with Crippen LogP contribution in [0.25, 0.3) is 0 Å². The third kappa shape index (κ3) is 2.68. The van der Waals surface area contributed by atoms with Gasteiger partial charge in [0.2, 0.25) is 5.91 Å². The summed E-state index contributed by atoms with van der Waals surface area (Å²) in [6.45, 7) is 8.87. The van der Waals surface area contributed by atoms with Crippen LogP contribution in [-0.4, -0.2) is 18.0 Å². The average Bonchev–Trinajstić information content (AvgIpc) is 2.96. The summed E-state index contributed by atoms with van der Waals surface area (Å²) >= 11 is 0. The van der Waals surface area contributed by atoms with Crippen LogP contribution in [0.1, 0.15) is 56.2 Å². The lowest BCUT2D eigenvalue weighted by atomic mass is 9.92. The second-order valence-electron chi connectivity index (χ2n) is 5.53. The Morgan fingerprint density at radius 2 is 2.32 bits per heavy atom. The lowest BCUT2D eigenvalue weighted by Gasteiger charge is -2.28. The molecule has 0 aromatic carbocycles. The number of carbonyl (C=O) groups excluding carboxylic acids is 1. The first-order chi connectivity index (χ1) is 8.98. The van der Waals surface area contributed by atoms with Gasteiger partial charge in [-0.25, -0.2) is 0 Å². The van der Waals surface area contributed by atoms with Gasteiger partial charge in [0.05, 0.1) is 11.6 Å². The molecule has 1 aliphatic rings. The fourth-order valence-electron chi connectivity index (χ4n) is 2.96. The van der Waals surface area contributed by atoms with Crippen LogP contribution in [0.5, 0.6) is 0 Å². The number of carbonyl (C=O) groups is 1. The van der Waals surface area contributed by atoms with E-state index in [0.29, 0.717) is 0 Å². The fourth-order valence-corrected chi connectivity index (χ4v) is 2.96. The first kappa shape index (κ1) is 14.1. The van der Waals surface area contributed by atoms with Crippen LogP contribution in [0.3, 0.4) is 0 Å². The Kier molecular flexibility index (Phi) is 3.99. The van der Waals surface area contributed by atoms with Gasteiger partial charge in [-0.2, -0.15) is 0 Å². The van der Waals surface area contributed by atoms with Crippen LogP contribution in [-0.2, 0) is 4.79 Å². The van der Waals surface area contributed by atoms with Crippen molar-refractivity contribution < 1.29 is 9.21 Å². The number of rotatable bonds is 4. The summed E-state index contributed by atoms with van der Waals surface area (Å²) in [5.41, 5.74) is 0.691. The fraction of sp³-hybridized carbons (Fsp3) is 0.667. The summed E-state index contributed by atoms with van der Waals surface area (Å²) in [6, 6.07) is 1.98. The minimum atomic E-state index is -0.374. The van der Waals surface area contributed by atoms with Crippen molar-refractivity contribution in [3.63, 3.8) is 0 Å². The number of amides is 1. The van der Waals surface area contributed by atoms with Gasteiger partial charge >= 0.3 is 0 Å². The van der Waals surface area contributed by atoms with Crippen LogP contribution in [0.2, 0.25) is 0 Å². The maximum atomic E-state index is 12.5. The van der Waals surface area contributed by atoms with E-state index in [9.17, 15) is 4.79 Å². The Hall–Kier alpha value is -1.29. The molecular formula is C15H24N2O2. The van der Waals surface area contributed by atoms with E-state index >= 15 is 0 Å². The van der Waals surface area contributed by atoms with Gasteiger partial charge in [-0.15, -0.1) is 0 Å². The third-order valence-electron chi connectivity index (χ3n) is 4.18. The van der Waals surface area contributed by atoms with Crippen molar-refractivity contribution in [2.75, 3.05) is 6.54 Å². The SMILES string of the molecule is CCC1(C(=O)NC(C)c2cc(C)oc2C)CCCN1. The van der Waals surface area contributed by atoms with E-state index in [1.165, 1.54) is 0 Å². The van der Waals surface area contributed by atoms with Gasteiger partial charge in [0.15, 0.2) is 0 Å². The zero-order chi connectivity index (χ0) is 14.0. The molecule has 1 amide bonds. The summed E-state index contributed by atoms with van der Waals surface area (Å²) in [6.07, 6.45) is 2.82. The molecule has 0 radical (unpaired) electrons. The zero-order valence-electron chi connectivity index (χ0n) is 12.3. The van der Waals surface area contributed by atoms with Crippen molar-refractivity contribution in [2.24, 2.45) is 0 Å². The van der Waals surface area contributed by atoms with Crippen LogP contribution in [0.4, 0.5) is 0 Å². The highest BCUT2D eigenvalue weighted by atomic mass is 16.3. The van der Waals surface area contributed by atoms with Crippen molar-refractivity contribution in [1.82, 2.24) is 10.6 Å². The second kappa shape index (κ2) is 5.37. The molecule has 1 aromatic rings. The molecule has 4 nitrogen and oxygen atoms in total. The molecule has 1 saturated heterocycles. The van der Waals surface area contributed by atoms with Crippen molar-refractivity contribution >= 4 is 5.91 Å². The predicted octanol–water partition coefficient (Wildman–Crippen LogP) is 2.61. The van der Waals surface area contributed by atoms with Crippen molar-refractivity contribution in [3.8, 4) is 0 Å². The Bertz CT molecular complexity index is 459. The monoisotopic (exact) mass is 264 g/mol. The van der Waals surface area contributed by atoms with E-state index in [2.05, 4.69) is 17.6 Å². The molecule has 0 saturated carbocycles. The zero-order valence-corrected chi connectivity index (χ0v) is 12.3. The number of hydrogen-bond acceptors (Lipinski definition) is 3. The van der Waals surface area contributed by atoms with E-state index in [4.69, 9.17) is 4.42 Å². The maximum absolute atomic E-state index is 12.5. The van der Waals surface area contributed by atoms with E-state index in [-0.39, 0.29) is 17.5 Å². The summed E-state index contributed by atoms with van der Waals surface area (Å²) in [5.74, 6) is 1.88. The quantitative estimate of drug-likeness (QED) is 0.879. The van der Waals surface area contributed by atoms with Gasteiger partial charge in [-0.1, -0.05) is 6.92 Å². The molecular weight excluding hydrogens is 240 g/mol. The minimum absolute atomic E-state index is 0.0178. The minimum Gasteiger partial charge on any atom is -0.466 e. The number of hydrogen-bond donors (Lipinski definition) is 2. The van der Waals surface area contributed by atoms with Gasteiger partial charge in [0, 0.05) is 5.56 Å². The molecule has 2 N–H and O–H groups in total. The molecule has 0 aliphatic carbocycles. The summed E-state index contributed by atoms with van der Waals surface area (Å²) in [4.78, 5) is 12.5. The number of aryl methyl sites for hydroxylation is 2. The molecule has 2 atom stereocenters. The number of furan rings is 1. The van der Waals surface area contributed by atoms with Crippen molar-refractivity contribution in [1.29, 1.82) is 0 Å². The molecule has 106 valence electrons. The van der Waals surface area contributed by atoms with Crippen molar-refractivity contribution in [3.05, 3.63) is 23.2 Å². The molecule has 0 spiro atoms. The highest BCUT2D eigenvalue weighted by Gasteiger charge is 2.39. The third-order valence-corrected chi connectivity index (χ3v) is 4.18. The predicted molar refractivity (Wildman–Crippen MR) is 75.0 cm³/mol. The van der Waals surface area contributed by atoms with Gasteiger partial charge in [-0.05, 0) is 52.6 Å². The summed E-state index contributed by atoms with van der Waals surface area (Å²) in [5, 5.41) is 6.48. The molecule has 2 rings (SSSR count). The van der Waals surface area contributed by atoms with E-state index in [0.717, 1.165) is 42.9 Å². The highest BCUT2D eigenvalue weighted by Crippen LogP contribution is 2.26. The lowest BCUT2D eigenvalue weighted by Crippen LogP contribution is -2.53. The molecule has 4 heteroatoms. The molecule has 1 aliphatic heterocycles. The van der Waals surface area contributed by atoms with Crippen LogP contribution in [0.15, 0.2) is 10.5 Å². The Labute approximate surface area is 114 Å². The van der Waals surface area contributed by atoms with Gasteiger partial charge in [-0.3, -0.25) is 4.79 Å². The van der Waals surface area contributed by atoms with Gasteiger partial charge < -0.3 is 15.1 Å². The Balaban J connectivity index is 2.08. The standard InChI is InChI=1S/C15H24N2O2/c1-5-15(7-6-8-16-15)14(18)17-11(3)13-9-10(2)19-12(13)4/h9,11,16H,5-8H2,1-4H3,(H,17,18). The molecule has 2 heterocycles. The van der Waals surface area contributed by atoms with E-state index in [1.54, 1.807) is 0 Å². The van der Waals surface area contributed by atoms with Crippen LogP contribution in [0, 0.1) is 13.8 Å². The molecule has 1 aromatic heterocycles. The normalized spacial score (nSPS) is 24.4.